The van der Waals surface area contributed by atoms with E-state index in [4.69, 9.17) is 9.47 Å². The van der Waals surface area contributed by atoms with E-state index in [1.807, 2.05) is 53.1 Å². The molecule has 138 valence electrons. The van der Waals surface area contributed by atoms with Gasteiger partial charge in [0.1, 0.15) is 5.75 Å². The van der Waals surface area contributed by atoms with Gasteiger partial charge < -0.3 is 14.0 Å². The smallest absolute Gasteiger partial charge is 0.321 e. The second kappa shape index (κ2) is 6.75. The van der Waals surface area contributed by atoms with Crippen LogP contribution < -0.4 is 10.1 Å². The Labute approximate surface area is 155 Å². The number of anilines is 1. The quantitative estimate of drug-likeness (QED) is 0.568. The van der Waals surface area contributed by atoms with Gasteiger partial charge in [0.2, 0.25) is 11.9 Å². The molecule has 0 fully saturated rings. The van der Waals surface area contributed by atoms with Crippen molar-refractivity contribution in [3.63, 3.8) is 0 Å². The van der Waals surface area contributed by atoms with E-state index in [2.05, 4.69) is 10.3 Å². The lowest BCUT2D eigenvalue weighted by Gasteiger charge is -2.32. The third-order valence-corrected chi connectivity index (χ3v) is 4.71. The number of ether oxygens (including phenoxy) is 2. The zero-order valence-corrected chi connectivity index (χ0v) is 15.0. The highest BCUT2D eigenvalue weighted by molar-refractivity contribution is 6.07. The standard InChI is InChI=1S/C20H19N3O4/c1-3-27-19(25)16-17(12-8-4-7-11-15(12)26-2)23-14-10-6-5-9-13(14)21-20(23)22-18(16)24/h4-11,16-17H,3H2,1-2H3,(H,21,22,24)/t16-,17-/m0/s1. The second-order valence-corrected chi connectivity index (χ2v) is 6.20. The Kier molecular flexibility index (Phi) is 4.27. The summed E-state index contributed by atoms with van der Waals surface area (Å²) in [6, 6.07) is 14.3. The molecule has 0 aliphatic carbocycles. The lowest BCUT2D eigenvalue weighted by atomic mass is 9.89. The average Bonchev–Trinajstić information content (AvgIpc) is 3.04. The minimum absolute atomic E-state index is 0.193. The summed E-state index contributed by atoms with van der Waals surface area (Å²) >= 11 is 0. The van der Waals surface area contributed by atoms with E-state index < -0.39 is 23.8 Å². The number of imidazole rings is 1. The van der Waals surface area contributed by atoms with Crippen LogP contribution in [0.2, 0.25) is 0 Å². The fourth-order valence-electron chi connectivity index (χ4n) is 3.59. The topological polar surface area (TPSA) is 82.5 Å². The Morgan fingerprint density at radius 1 is 1.19 bits per heavy atom. The molecule has 1 aliphatic rings. The lowest BCUT2D eigenvalue weighted by Crippen LogP contribution is -2.43. The van der Waals surface area contributed by atoms with Gasteiger partial charge in [-0.3, -0.25) is 14.9 Å². The molecule has 0 saturated carbocycles. The first-order valence-electron chi connectivity index (χ1n) is 8.73. The van der Waals surface area contributed by atoms with Crippen molar-refractivity contribution >= 4 is 28.9 Å². The van der Waals surface area contributed by atoms with E-state index in [0.29, 0.717) is 11.7 Å². The molecule has 7 nitrogen and oxygen atoms in total. The summed E-state index contributed by atoms with van der Waals surface area (Å²) in [5, 5.41) is 2.75. The predicted molar refractivity (Wildman–Crippen MR) is 99.6 cm³/mol. The van der Waals surface area contributed by atoms with Crippen LogP contribution in [-0.4, -0.2) is 35.1 Å². The van der Waals surface area contributed by atoms with Gasteiger partial charge in [0, 0.05) is 5.56 Å². The molecular formula is C20H19N3O4. The van der Waals surface area contributed by atoms with Gasteiger partial charge in [0.05, 0.1) is 30.8 Å². The van der Waals surface area contributed by atoms with Crippen molar-refractivity contribution < 1.29 is 19.1 Å². The molecule has 2 heterocycles. The van der Waals surface area contributed by atoms with Gasteiger partial charge in [-0.2, -0.15) is 0 Å². The number of nitrogens with one attached hydrogen (secondary N) is 1. The summed E-state index contributed by atoms with van der Waals surface area (Å²) in [5.74, 6) is -1.07. The number of amides is 1. The maximum atomic E-state index is 12.8. The van der Waals surface area contributed by atoms with Gasteiger partial charge in [-0.15, -0.1) is 0 Å². The molecular weight excluding hydrogens is 346 g/mol. The Morgan fingerprint density at radius 3 is 2.70 bits per heavy atom. The van der Waals surface area contributed by atoms with Crippen molar-refractivity contribution in [2.45, 2.75) is 13.0 Å². The zero-order valence-electron chi connectivity index (χ0n) is 15.0. The SMILES string of the molecule is CCOC(=O)[C@@H]1C(=O)Nc2nc3ccccc3n2[C@H]1c1ccccc1OC. The van der Waals surface area contributed by atoms with E-state index in [1.165, 1.54) is 0 Å². The number of para-hydroxylation sites is 3. The van der Waals surface area contributed by atoms with Crippen molar-refractivity contribution in [1.29, 1.82) is 0 Å². The van der Waals surface area contributed by atoms with Gasteiger partial charge >= 0.3 is 5.97 Å². The first kappa shape index (κ1) is 17.1. The summed E-state index contributed by atoms with van der Waals surface area (Å²) in [7, 11) is 1.56. The summed E-state index contributed by atoms with van der Waals surface area (Å²) in [6.45, 7) is 1.91. The van der Waals surface area contributed by atoms with Crippen LogP contribution >= 0.6 is 0 Å². The number of nitrogens with zero attached hydrogens (tertiary/aromatic N) is 2. The Hall–Kier alpha value is -3.35. The molecule has 0 saturated heterocycles. The highest BCUT2D eigenvalue weighted by Gasteiger charge is 2.45. The Morgan fingerprint density at radius 2 is 1.93 bits per heavy atom. The van der Waals surface area contributed by atoms with E-state index in [0.717, 1.165) is 16.6 Å². The summed E-state index contributed by atoms with van der Waals surface area (Å²) < 4.78 is 12.6. The second-order valence-electron chi connectivity index (χ2n) is 6.20. The lowest BCUT2D eigenvalue weighted by molar-refractivity contribution is -0.152. The number of hydrogen-bond acceptors (Lipinski definition) is 5. The van der Waals surface area contributed by atoms with Gasteiger partial charge in [-0.25, -0.2) is 4.98 Å². The molecule has 7 heteroatoms. The van der Waals surface area contributed by atoms with Gasteiger partial charge in [0.25, 0.3) is 0 Å². The fraction of sp³-hybridized carbons (Fsp3) is 0.250. The first-order chi connectivity index (χ1) is 13.2. The Balaban J connectivity index is 1.99. The number of aromatic nitrogens is 2. The number of fused-ring (bicyclic) bond motifs is 3. The maximum Gasteiger partial charge on any atom is 0.321 e. The van der Waals surface area contributed by atoms with Crippen molar-refractivity contribution in [2.24, 2.45) is 5.92 Å². The maximum absolute atomic E-state index is 12.8. The summed E-state index contributed by atoms with van der Waals surface area (Å²) in [4.78, 5) is 30.0. The largest absolute Gasteiger partial charge is 0.496 e. The van der Waals surface area contributed by atoms with E-state index in [9.17, 15) is 9.59 Å². The molecule has 1 N–H and O–H groups in total. The summed E-state index contributed by atoms with van der Waals surface area (Å²) in [6.07, 6.45) is 0. The number of hydrogen-bond donors (Lipinski definition) is 1. The predicted octanol–water partition coefficient (Wildman–Crippen LogP) is 2.77. The van der Waals surface area contributed by atoms with Gasteiger partial charge in [-0.05, 0) is 25.1 Å². The van der Waals surface area contributed by atoms with Crippen molar-refractivity contribution in [1.82, 2.24) is 9.55 Å². The molecule has 27 heavy (non-hydrogen) atoms. The minimum Gasteiger partial charge on any atom is -0.496 e. The zero-order chi connectivity index (χ0) is 19.0. The van der Waals surface area contributed by atoms with E-state index in [1.54, 1.807) is 14.0 Å². The molecule has 0 spiro atoms. The van der Waals surface area contributed by atoms with E-state index in [-0.39, 0.29) is 6.61 Å². The number of carbonyl (C=O) groups is 2. The Bertz CT molecular complexity index is 1030. The average molecular weight is 365 g/mol. The molecule has 3 aromatic rings. The number of methoxy groups -OCH3 is 1. The molecule has 2 atom stereocenters. The monoisotopic (exact) mass is 365 g/mol. The van der Waals surface area contributed by atoms with Crippen LogP contribution in [0.1, 0.15) is 18.5 Å². The number of rotatable bonds is 4. The number of benzene rings is 2. The molecule has 2 aromatic carbocycles. The van der Waals surface area contributed by atoms with Crippen LogP contribution in [0.3, 0.4) is 0 Å². The van der Waals surface area contributed by atoms with Crippen LogP contribution in [-0.2, 0) is 14.3 Å². The first-order valence-corrected chi connectivity index (χ1v) is 8.73. The number of carbonyl (C=O) groups excluding carboxylic acids is 2. The molecule has 1 aliphatic heterocycles. The van der Waals surface area contributed by atoms with Crippen LogP contribution in [0.4, 0.5) is 5.95 Å². The summed E-state index contributed by atoms with van der Waals surface area (Å²) in [5.41, 5.74) is 2.27. The van der Waals surface area contributed by atoms with Crippen molar-refractivity contribution in [3.8, 4) is 5.75 Å². The molecule has 0 radical (unpaired) electrons. The van der Waals surface area contributed by atoms with Gasteiger partial charge in [0.15, 0.2) is 5.92 Å². The highest BCUT2D eigenvalue weighted by atomic mass is 16.5. The normalized spacial score (nSPS) is 18.7. The molecule has 0 bridgehead atoms. The molecule has 1 aromatic heterocycles. The number of esters is 1. The minimum atomic E-state index is -1.05. The van der Waals surface area contributed by atoms with Crippen LogP contribution in [0.5, 0.6) is 5.75 Å². The fourth-order valence-corrected chi connectivity index (χ4v) is 3.59. The van der Waals surface area contributed by atoms with Crippen LogP contribution in [0.25, 0.3) is 11.0 Å². The van der Waals surface area contributed by atoms with Crippen LogP contribution in [0, 0.1) is 5.92 Å². The van der Waals surface area contributed by atoms with Crippen LogP contribution in [0.15, 0.2) is 48.5 Å². The highest BCUT2D eigenvalue weighted by Crippen LogP contribution is 2.41. The van der Waals surface area contributed by atoms with Crippen molar-refractivity contribution in [2.75, 3.05) is 19.0 Å². The molecule has 1 amide bonds. The molecule has 4 rings (SSSR count). The van der Waals surface area contributed by atoms with Gasteiger partial charge in [-0.1, -0.05) is 30.3 Å². The molecule has 0 unspecified atom stereocenters. The van der Waals surface area contributed by atoms with Crippen molar-refractivity contribution in [3.05, 3.63) is 54.1 Å². The third kappa shape index (κ3) is 2.71. The van der Waals surface area contributed by atoms with E-state index >= 15 is 0 Å². The third-order valence-electron chi connectivity index (χ3n) is 4.71.